The van der Waals surface area contributed by atoms with Gasteiger partial charge in [0.05, 0.1) is 0 Å². The summed E-state index contributed by atoms with van der Waals surface area (Å²) in [4.78, 5) is 15.6. The highest BCUT2D eigenvalue weighted by Crippen LogP contribution is 2.12. The molecule has 21 heavy (non-hydrogen) atoms. The lowest BCUT2D eigenvalue weighted by Crippen LogP contribution is -2.23. The van der Waals surface area contributed by atoms with Crippen LogP contribution in [-0.4, -0.2) is 17.4 Å². The van der Waals surface area contributed by atoms with Crippen LogP contribution in [0.15, 0.2) is 36.5 Å². The molecule has 0 aliphatic heterocycles. The minimum absolute atomic E-state index is 0.256. The van der Waals surface area contributed by atoms with Crippen LogP contribution in [0.4, 0.5) is 14.5 Å². The summed E-state index contributed by atoms with van der Waals surface area (Å²) in [5.74, 6) is -2.01. The fourth-order valence-electron chi connectivity index (χ4n) is 1.77. The average Bonchev–Trinajstić information content (AvgIpc) is 2.49. The van der Waals surface area contributed by atoms with Gasteiger partial charge in [-0.25, -0.2) is 8.78 Å². The Hall–Kier alpha value is -2.50. The maximum atomic E-state index is 13.1. The minimum Gasteiger partial charge on any atom is -0.381 e. The van der Waals surface area contributed by atoms with Crippen molar-refractivity contribution < 1.29 is 13.6 Å². The number of carbonyl (C=O) groups is 1. The van der Waals surface area contributed by atoms with Gasteiger partial charge in [-0.3, -0.25) is 9.78 Å². The number of benzene rings is 1. The monoisotopic (exact) mass is 291 g/mol. The number of aromatic nitrogens is 1. The standard InChI is InChI=1S/C15H15F2N3O/c1-2-18-15(21)14-8-11(5-6-19-14)20-9-10-3-4-12(16)13(17)7-10/h3-8H,2,9H2,1H3,(H,18,21)(H,19,20). The zero-order valence-corrected chi connectivity index (χ0v) is 11.5. The predicted octanol–water partition coefficient (Wildman–Crippen LogP) is 2.72. The highest BCUT2D eigenvalue weighted by molar-refractivity contribution is 5.93. The fraction of sp³-hybridized carbons (Fsp3) is 0.200. The Labute approximate surface area is 121 Å². The third-order valence-electron chi connectivity index (χ3n) is 2.81. The van der Waals surface area contributed by atoms with Crippen LogP contribution >= 0.6 is 0 Å². The van der Waals surface area contributed by atoms with Crippen molar-refractivity contribution in [1.29, 1.82) is 0 Å². The first-order valence-electron chi connectivity index (χ1n) is 6.52. The van der Waals surface area contributed by atoms with E-state index in [0.717, 1.165) is 12.1 Å². The van der Waals surface area contributed by atoms with E-state index in [1.54, 1.807) is 12.1 Å². The second-order valence-electron chi connectivity index (χ2n) is 4.39. The Morgan fingerprint density at radius 3 is 2.71 bits per heavy atom. The summed E-state index contributed by atoms with van der Waals surface area (Å²) >= 11 is 0. The van der Waals surface area contributed by atoms with Crippen LogP contribution < -0.4 is 10.6 Å². The number of halogens is 2. The Balaban J connectivity index is 2.04. The molecule has 0 atom stereocenters. The van der Waals surface area contributed by atoms with Crippen LogP contribution in [0.3, 0.4) is 0 Å². The molecule has 4 nitrogen and oxygen atoms in total. The first kappa shape index (κ1) is 14.9. The lowest BCUT2D eigenvalue weighted by Gasteiger charge is -2.08. The van der Waals surface area contributed by atoms with Gasteiger partial charge in [0.25, 0.3) is 5.91 Å². The minimum atomic E-state index is -0.882. The third kappa shape index (κ3) is 3.98. The third-order valence-corrected chi connectivity index (χ3v) is 2.81. The molecule has 0 radical (unpaired) electrons. The molecule has 1 amide bonds. The molecule has 110 valence electrons. The number of rotatable bonds is 5. The van der Waals surface area contributed by atoms with Gasteiger partial charge < -0.3 is 10.6 Å². The maximum absolute atomic E-state index is 13.1. The van der Waals surface area contributed by atoms with Gasteiger partial charge in [-0.15, -0.1) is 0 Å². The summed E-state index contributed by atoms with van der Waals surface area (Å²) in [6, 6.07) is 7.01. The van der Waals surface area contributed by atoms with E-state index in [4.69, 9.17) is 0 Å². The summed E-state index contributed by atoms with van der Waals surface area (Å²) in [6.45, 7) is 2.66. The zero-order chi connectivity index (χ0) is 15.2. The smallest absolute Gasteiger partial charge is 0.269 e. The van der Waals surface area contributed by atoms with E-state index in [2.05, 4.69) is 15.6 Å². The van der Waals surface area contributed by atoms with Crippen LogP contribution in [0.5, 0.6) is 0 Å². The molecular formula is C15H15F2N3O. The number of nitrogens with zero attached hydrogens (tertiary/aromatic N) is 1. The van der Waals surface area contributed by atoms with Gasteiger partial charge in [0, 0.05) is 25.0 Å². The molecule has 0 fully saturated rings. The van der Waals surface area contributed by atoms with Crippen molar-refractivity contribution in [2.24, 2.45) is 0 Å². The SMILES string of the molecule is CCNC(=O)c1cc(NCc2ccc(F)c(F)c2)ccn1. The first-order chi connectivity index (χ1) is 10.1. The van der Waals surface area contributed by atoms with Crippen molar-refractivity contribution >= 4 is 11.6 Å². The molecule has 2 rings (SSSR count). The molecule has 1 heterocycles. The predicted molar refractivity (Wildman–Crippen MR) is 75.9 cm³/mol. The Bertz CT molecular complexity index is 647. The van der Waals surface area contributed by atoms with E-state index in [-0.39, 0.29) is 5.91 Å². The number of pyridine rings is 1. The van der Waals surface area contributed by atoms with E-state index in [1.165, 1.54) is 12.3 Å². The molecule has 0 aliphatic carbocycles. The summed E-state index contributed by atoms with van der Waals surface area (Å²) in [7, 11) is 0. The van der Waals surface area contributed by atoms with Crippen molar-refractivity contribution in [3.63, 3.8) is 0 Å². The molecule has 0 saturated carbocycles. The molecular weight excluding hydrogens is 276 g/mol. The summed E-state index contributed by atoms with van der Waals surface area (Å²) in [6.07, 6.45) is 1.51. The van der Waals surface area contributed by atoms with Gasteiger partial charge in [0.2, 0.25) is 0 Å². The Morgan fingerprint density at radius 2 is 2.00 bits per heavy atom. The quantitative estimate of drug-likeness (QED) is 0.890. The second-order valence-corrected chi connectivity index (χ2v) is 4.39. The molecule has 2 N–H and O–H groups in total. The summed E-state index contributed by atoms with van der Waals surface area (Å²) < 4.78 is 25.9. The van der Waals surface area contributed by atoms with Gasteiger partial charge in [-0.1, -0.05) is 6.07 Å². The van der Waals surface area contributed by atoms with Gasteiger partial charge in [-0.05, 0) is 36.8 Å². The van der Waals surface area contributed by atoms with Gasteiger partial charge in [0.15, 0.2) is 11.6 Å². The zero-order valence-electron chi connectivity index (χ0n) is 11.5. The van der Waals surface area contributed by atoms with E-state index in [0.29, 0.717) is 30.0 Å². The van der Waals surface area contributed by atoms with Crippen molar-refractivity contribution in [3.8, 4) is 0 Å². The van der Waals surface area contributed by atoms with Crippen molar-refractivity contribution in [2.45, 2.75) is 13.5 Å². The van der Waals surface area contributed by atoms with E-state index in [1.807, 2.05) is 6.92 Å². The molecule has 0 saturated heterocycles. The lowest BCUT2D eigenvalue weighted by molar-refractivity contribution is 0.0951. The molecule has 6 heteroatoms. The second kappa shape index (κ2) is 6.78. The molecule has 1 aromatic heterocycles. The normalized spacial score (nSPS) is 10.2. The fourth-order valence-corrected chi connectivity index (χ4v) is 1.77. The average molecular weight is 291 g/mol. The van der Waals surface area contributed by atoms with Crippen molar-refractivity contribution in [3.05, 3.63) is 59.4 Å². The van der Waals surface area contributed by atoms with E-state index in [9.17, 15) is 13.6 Å². The van der Waals surface area contributed by atoms with Crippen LogP contribution in [0.2, 0.25) is 0 Å². The van der Waals surface area contributed by atoms with Crippen LogP contribution in [0, 0.1) is 11.6 Å². The molecule has 0 aliphatic rings. The van der Waals surface area contributed by atoms with Crippen molar-refractivity contribution in [1.82, 2.24) is 10.3 Å². The van der Waals surface area contributed by atoms with Crippen LogP contribution in [0.25, 0.3) is 0 Å². The number of hydrogen-bond donors (Lipinski definition) is 2. The topological polar surface area (TPSA) is 54.0 Å². The Morgan fingerprint density at radius 1 is 1.19 bits per heavy atom. The molecule has 0 unspecified atom stereocenters. The summed E-state index contributed by atoms with van der Waals surface area (Å²) in [5, 5.41) is 5.69. The number of amides is 1. The summed E-state index contributed by atoms with van der Waals surface area (Å²) in [5.41, 5.74) is 1.58. The molecule has 1 aromatic carbocycles. The number of carbonyl (C=O) groups excluding carboxylic acids is 1. The largest absolute Gasteiger partial charge is 0.381 e. The van der Waals surface area contributed by atoms with E-state index < -0.39 is 11.6 Å². The molecule has 0 bridgehead atoms. The van der Waals surface area contributed by atoms with Crippen LogP contribution in [-0.2, 0) is 6.54 Å². The maximum Gasteiger partial charge on any atom is 0.269 e. The molecule has 0 spiro atoms. The highest BCUT2D eigenvalue weighted by Gasteiger charge is 2.07. The number of nitrogens with one attached hydrogen (secondary N) is 2. The Kier molecular flexibility index (Phi) is 4.81. The first-order valence-corrected chi connectivity index (χ1v) is 6.52. The molecule has 2 aromatic rings. The van der Waals surface area contributed by atoms with Gasteiger partial charge in [-0.2, -0.15) is 0 Å². The van der Waals surface area contributed by atoms with E-state index >= 15 is 0 Å². The van der Waals surface area contributed by atoms with Gasteiger partial charge in [0.1, 0.15) is 5.69 Å². The van der Waals surface area contributed by atoms with Crippen LogP contribution in [0.1, 0.15) is 23.0 Å². The number of anilines is 1. The highest BCUT2D eigenvalue weighted by atomic mass is 19.2. The number of hydrogen-bond acceptors (Lipinski definition) is 3. The van der Waals surface area contributed by atoms with Gasteiger partial charge >= 0.3 is 0 Å². The lowest BCUT2D eigenvalue weighted by atomic mass is 10.2. The van der Waals surface area contributed by atoms with Crippen molar-refractivity contribution in [2.75, 3.05) is 11.9 Å².